The largest absolute Gasteiger partial charge is 0.382 e. The highest BCUT2D eigenvalue weighted by atomic mass is 19.1. The third kappa shape index (κ3) is 2.50. The Morgan fingerprint density at radius 2 is 1.71 bits per heavy atom. The lowest BCUT2D eigenvalue weighted by Crippen LogP contribution is -2.02. The minimum absolute atomic E-state index is 0.298. The Morgan fingerprint density at radius 3 is 2.33 bits per heavy atom. The number of hydrogen-bond acceptors (Lipinski definition) is 3. The van der Waals surface area contributed by atoms with E-state index in [9.17, 15) is 4.39 Å². The lowest BCUT2D eigenvalue weighted by Gasteiger charge is -2.04. The fraction of sp³-hybridized carbons (Fsp3) is 0.125. The average molecular weight is 282 g/mol. The van der Waals surface area contributed by atoms with Crippen LogP contribution in [0.15, 0.2) is 48.5 Å². The minimum atomic E-state index is -0.298. The van der Waals surface area contributed by atoms with E-state index >= 15 is 0 Å². The first-order valence-electron chi connectivity index (χ1n) is 6.75. The van der Waals surface area contributed by atoms with Gasteiger partial charge < -0.3 is 5.73 Å². The van der Waals surface area contributed by atoms with Gasteiger partial charge in [-0.2, -0.15) is 4.68 Å². The van der Waals surface area contributed by atoms with Gasteiger partial charge in [-0.3, -0.25) is 0 Å². The first-order valence-corrected chi connectivity index (χ1v) is 6.75. The van der Waals surface area contributed by atoms with Crippen LogP contribution in [0.25, 0.3) is 16.9 Å². The number of benzene rings is 2. The average Bonchev–Trinajstić information content (AvgIpc) is 2.90. The molecule has 0 saturated heterocycles. The van der Waals surface area contributed by atoms with Gasteiger partial charge in [0, 0.05) is 5.56 Å². The Morgan fingerprint density at radius 1 is 1.05 bits per heavy atom. The van der Waals surface area contributed by atoms with E-state index in [1.165, 1.54) is 22.4 Å². The van der Waals surface area contributed by atoms with Crippen LogP contribution in [0.3, 0.4) is 0 Å². The summed E-state index contributed by atoms with van der Waals surface area (Å²) >= 11 is 0. The topological polar surface area (TPSA) is 56.7 Å². The molecule has 0 spiro atoms. The number of nitrogens with zero attached hydrogens (tertiary/aromatic N) is 3. The first kappa shape index (κ1) is 13.3. The quantitative estimate of drug-likeness (QED) is 0.802. The van der Waals surface area contributed by atoms with E-state index in [0.29, 0.717) is 17.2 Å². The van der Waals surface area contributed by atoms with Crippen LogP contribution in [0.2, 0.25) is 0 Å². The minimum Gasteiger partial charge on any atom is -0.382 e. The predicted molar refractivity (Wildman–Crippen MR) is 80.5 cm³/mol. The maximum Gasteiger partial charge on any atom is 0.155 e. The molecule has 0 radical (unpaired) electrons. The zero-order valence-corrected chi connectivity index (χ0v) is 11.6. The second-order valence-corrected chi connectivity index (χ2v) is 4.76. The van der Waals surface area contributed by atoms with Crippen LogP contribution in [0, 0.1) is 5.82 Å². The fourth-order valence-corrected chi connectivity index (χ4v) is 2.17. The molecule has 21 heavy (non-hydrogen) atoms. The molecule has 2 aromatic carbocycles. The van der Waals surface area contributed by atoms with E-state index in [4.69, 9.17) is 5.73 Å². The van der Waals surface area contributed by atoms with Crippen LogP contribution < -0.4 is 5.73 Å². The highest BCUT2D eigenvalue weighted by molar-refractivity contribution is 5.71. The lowest BCUT2D eigenvalue weighted by molar-refractivity contribution is 0.627. The summed E-state index contributed by atoms with van der Waals surface area (Å²) < 4.78 is 14.5. The summed E-state index contributed by atoms with van der Waals surface area (Å²) in [5.41, 5.74) is 9.59. The van der Waals surface area contributed by atoms with E-state index in [-0.39, 0.29) is 5.82 Å². The third-order valence-electron chi connectivity index (χ3n) is 3.41. The van der Waals surface area contributed by atoms with Crippen molar-refractivity contribution in [1.82, 2.24) is 15.0 Å². The van der Waals surface area contributed by atoms with Crippen LogP contribution in [-0.2, 0) is 6.42 Å². The van der Waals surface area contributed by atoms with Gasteiger partial charge in [-0.15, -0.1) is 5.10 Å². The van der Waals surface area contributed by atoms with Crippen molar-refractivity contribution in [3.8, 4) is 16.9 Å². The van der Waals surface area contributed by atoms with Gasteiger partial charge in [0.2, 0.25) is 0 Å². The van der Waals surface area contributed by atoms with Crippen LogP contribution in [-0.4, -0.2) is 15.0 Å². The summed E-state index contributed by atoms with van der Waals surface area (Å²) in [7, 11) is 0. The summed E-state index contributed by atoms with van der Waals surface area (Å²) in [5.74, 6) is 0.138. The van der Waals surface area contributed by atoms with Gasteiger partial charge in [-0.05, 0) is 36.2 Å². The fourth-order valence-electron chi connectivity index (χ4n) is 2.17. The normalized spacial score (nSPS) is 10.8. The second kappa shape index (κ2) is 5.36. The molecule has 3 aromatic rings. The van der Waals surface area contributed by atoms with E-state index in [0.717, 1.165) is 12.0 Å². The van der Waals surface area contributed by atoms with Crippen molar-refractivity contribution in [3.63, 3.8) is 0 Å². The maximum absolute atomic E-state index is 13.0. The Labute approximate surface area is 122 Å². The number of anilines is 1. The number of nitrogen functional groups attached to an aromatic ring is 1. The molecule has 4 nitrogen and oxygen atoms in total. The van der Waals surface area contributed by atoms with E-state index in [1.54, 1.807) is 12.1 Å². The van der Waals surface area contributed by atoms with Crippen molar-refractivity contribution < 1.29 is 4.39 Å². The molecule has 0 bridgehead atoms. The molecule has 1 aromatic heterocycles. The Hall–Kier alpha value is -2.69. The molecule has 106 valence electrons. The van der Waals surface area contributed by atoms with Crippen molar-refractivity contribution >= 4 is 5.82 Å². The van der Waals surface area contributed by atoms with Crippen LogP contribution in [0.5, 0.6) is 0 Å². The molecule has 1 heterocycles. The molecule has 0 saturated carbocycles. The number of hydrogen-bond donors (Lipinski definition) is 1. The number of aromatic nitrogens is 3. The number of halogens is 1. The summed E-state index contributed by atoms with van der Waals surface area (Å²) in [6.45, 7) is 2.11. The molecular formula is C16H15FN4. The molecule has 0 aliphatic heterocycles. The SMILES string of the molecule is CCc1ccc(-c2nnn(-c3ccc(F)cc3)c2N)cc1. The van der Waals surface area contributed by atoms with Gasteiger partial charge in [-0.25, -0.2) is 4.39 Å². The van der Waals surface area contributed by atoms with Crippen molar-refractivity contribution in [1.29, 1.82) is 0 Å². The predicted octanol–water partition coefficient (Wildman–Crippen LogP) is 3.22. The van der Waals surface area contributed by atoms with Crippen molar-refractivity contribution in [2.45, 2.75) is 13.3 Å². The summed E-state index contributed by atoms with van der Waals surface area (Å²) in [5, 5.41) is 8.19. The van der Waals surface area contributed by atoms with Crippen LogP contribution in [0.4, 0.5) is 10.2 Å². The summed E-state index contributed by atoms with van der Waals surface area (Å²) in [6, 6.07) is 14.0. The van der Waals surface area contributed by atoms with E-state index < -0.39 is 0 Å². The smallest absolute Gasteiger partial charge is 0.155 e. The Kier molecular flexibility index (Phi) is 3.39. The highest BCUT2D eigenvalue weighted by Crippen LogP contribution is 2.25. The highest BCUT2D eigenvalue weighted by Gasteiger charge is 2.12. The molecule has 0 unspecified atom stereocenters. The molecule has 0 atom stereocenters. The van der Waals surface area contributed by atoms with Crippen LogP contribution in [0.1, 0.15) is 12.5 Å². The standard InChI is InChI=1S/C16H15FN4/c1-2-11-3-5-12(6-4-11)15-16(18)21(20-19-15)14-9-7-13(17)8-10-14/h3-10H,2,18H2,1H3. The summed E-state index contributed by atoms with van der Waals surface area (Å²) in [6.07, 6.45) is 0.984. The van der Waals surface area contributed by atoms with Crippen molar-refractivity contribution in [2.75, 3.05) is 5.73 Å². The Bertz CT molecular complexity index is 745. The molecule has 0 aliphatic rings. The zero-order chi connectivity index (χ0) is 14.8. The van der Waals surface area contributed by atoms with Gasteiger partial charge in [0.25, 0.3) is 0 Å². The monoisotopic (exact) mass is 282 g/mol. The third-order valence-corrected chi connectivity index (χ3v) is 3.41. The second-order valence-electron chi connectivity index (χ2n) is 4.76. The first-order chi connectivity index (χ1) is 10.2. The van der Waals surface area contributed by atoms with Crippen LogP contribution >= 0.6 is 0 Å². The molecule has 0 aliphatic carbocycles. The van der Waals surface area contributed by atoms with Gasteiger partial charge in [0.15, 0.2) is 5.82 Å². The Balaban J connectivity index is 2.00. The molecule has 5 heteroatoms. The van der Waals surface area contributed by atoms with Crippen molar-refractivity contribution in [2.24, 2.45) is 0 Å². The van der Waals surface area contributed by atoms with E-state index in [1.807, 2.05) is 24.3 Å². The zero-order valence-electron chi connectivity index (χ0n) is 11.6. The lowest BCUT2D eigenvalue weighted by atomic mass is 10.1. The van der Waals surface area contributed by atoms with Gasteiger partial charge in [-0.1, -0.05) is 36.4 Å². The number of aryl methyl sites for hydroxylation is 1. The molecule has 0 fully saturated rings. The number of rotatable bonds is 3. The molecule has 3 rings (SSSR count). The number of nitrogens with two attached hydrogens (primary N) is 1. The molecular weight excluding hydrogens is 267 g/mol. The molecule has 2 N–H and O–H groups in total. The van der Waals surface area contributed by atoms with Gasteiger partial charge in [0.05, 0.1) is 5.69 Å². The van der Waals surface area contributed by atoms with E-state index in [2.05, 4.69) is 17.2 Å². The maximum atomic E-state index is 13.0. The summed E-state index contributed by atoms with van der Waals surface area (Å²) in [4.78, 5) is 0. The van der Waals surface area contributed by atoms with Crippen molar-refractivity contribution in [3.05, 3.63) is 59.9 Å². The molecule has 0 amide bonds. The van der Waals surface area contributed by atoms with Gasteiger partial charge >= 0.3 is 0 Å². The van der Waals surface area contributed by atoms with Gasteiger partial charge in [0.1, 0.15) is 11.5 Å².